The summed E-state index contributed by atoms with van der Waals surface area (Å²) in [5.74, 6) is 0.875. The second kappa shape index (κ2) is 7.00. The molecule has 4 heteroatoms. The number of aromatic nitrogens is 3. The van der Waals surface area contributed by atoms with Gasteiger partial charge in [-0.3, -0.25) is 0 Å². The van der Waals surface area contributed by atoms with E-state index in [0.717, 1.165) is 28.9 Å². The van der Waals surface area contributed by atoms with E-state index in [-0.39, 0.29) is 6.10 Å². The van der Waals surface area contributed by atoms with Crippen LogP contribution in [-0.4, -0.2) is 15.0 Å². The third-order valence-corrected chi connectivity index (χ3v) is 4.53. The molecule has 0 aliphatic rings. The van der Waals surface area contributed by atoms with E-state index in [9.17, 15) is 0 Å². The molecule has 26 heavy (non-hydrogen) atoms. The summed E-state index contributed by atoms with van der Waals surface area (Å²) in [7, 11) is 0. The standard InChI is InChI=1S/C22H21N3O/c1-3-21(26-22-10-6-8-17-7-4-5-9-19(17)22)20-15-25(24-23-20)18-13-11-16(2)12-14-18/h4-15,21H,3H2,1-2H3. The highest BCUT2D eigenvalue weighted by molar-refractivity contribution is 5.88. The predicted molar refractivity (Wildman–Crippen MR) is 104 cm³/mol. The molecule has 1 aromatic heterocycles. The monoisotopic (exact) mass is 343 g/mol. The zero-order chi connectivity index (χ0) is 17.9. The van der Waals surface area contributed by atoms with Gasteiger partial charge in [0.05, 0.1) is 11.9 Å². The van der Waals surface area contributed by atoms with E-state index < -0.39 is 0 Å². The van der Waals surface area contributed by atoms with Crippen LogP contribution in [0.3, 0.4) is 0 Å². The molecule has 0 spiro atoms. The van der Waals surface area contributed by atoms with Crippen LogP contribution in [0.25, 0.3) is 16.5 Å². The Bertz CT molecular complexity index is 1020. The number of hydrogen-bond donors (Lipinski definition) is 0. The van der Waals surface area contributed by atoms with Crippen molar-refractivity contribution < 1.29 is 4.74 Å². The Morgan fingerprint density at radius 3 is 2.54 bits per heavy atom. The quantitative estimate of drug-likeness (QED) is 0.496. The SMILES string of the molecule is CCC(Oc1cccc2ccccc12)c1cn(-c2ccc(C)cc2)nn1. The Morgan fingerprint density at radius 2 is 1.73 bits per heavy atom. The van der Waals surface area contributed by atoms with E-state index in [1.165, 1.54) is 10.9 Å². The molecule has 1 unspecified atom stereocenters. The summed E-state index contributed by atoms with van der Waals surface area (Å²) in [5, 5.41) is 10.9. The minimum absolute atomic E-state index is 0.139. The molecule has 4 nitrogen and oxygen atoms in total. The highest BCUT2D eigenvalue weighted by Crippen LogP contribution is 2.30. The van der Waals surface area contributed by atoms with Gasteiger partial charge in [0.2, 0.25) is 0 Å². The van der Waals surface area contributed by atoms with Gasteiger partial charge in [-0.05, 0) is 36.9 Å². The van der Waals surface area contributed by atoms with Crippen molar-refractivity contribution in [3.05, 3.63) is 84.2 Å². The van der Waals surface area contributed by atoms with Gasteiger partial charge in [-0.1, -0.05) is 66.2 Å². The number of benzene rings is 3. The van der Waals surface area contributed by atoms with Crippen molar-refractivity contribution in [1.82, 2.24) is 15.0 Å². The van der Waals surface area contributed by atoms with Gasteiger partial charge in [-0.15, -0.1) is 5.10 Å². The molecular weight excluding hydrogens is 322 g/mol. The summed E-state index contributed by atoms with van der Waals surface area (Å²) in [6.45, 7) is 4.17. The molecule has 0 saturated carbocycles. The normalized spacial score (nSPS) is 12.2. The molecular formula is C22H21N3O. The van der Waals surface area contributed by atoms with Crippen molar-refractivity contribution in [2.45, 2.75) is 26.4 Å². The van der Waals surface area contributed by atoms with Crippen LogP contribution in [0.15, 0.2) is 72.9 Å². The van der Waals surface area contributed by atoms with Crippen molar-refractivity contribution >= 4 is 10.8 Å². The van der Waals surface area contributed by atoms with Gasteiger partial charge in [-0.2, -0.15) is 0 Å². The van der Waals surface area contributed by atoms with E-state index in [1.54, 1.807) is 4.68 Å². The largest absolute Gasteiger partial charge is 0.483 e. The second-order valence-corrected chi connectivity index (χ2v) is 6.42. The molecule has 4 aromatic rings. The maximum atomic E-state index is 6.32. The molecule has 1 atom stereocenters. The molecule has 0 amide bonds. The lowest BCUT2D eigenvalue weighted by Crippen LogP contribution is -2.07. The molecule has 0 N–H and O–H groups in total. The zero-order valence-electron chi connectivity index (χ0n) is 15.0. The van der Waals surface area contributed by atoms with Crippen molar-refractivity contribution in [2.75, 3.05) is 0 Å². The minimum Gasteiger partial charge on any atom is -0.483 e. The van der Waals surface area contributed by atoms with Gasteiger partial charge in [0.1, 0.15) is 17.5 Å². The minimum atomic E-state index is -0.139. The molecule has 3 aromatic carbocycles. The first-order chi connectivity index (χ1) is 12.7. The number of hydrogen-bond acceptors (Lipinski definition) is 3. The van der Waals surface area contributed by atoms with Crippen LogP contribution in [0.1, 0.15) is 30.7 Å². The molecule has 0 radical (unpaired) electrons. The Kier molecular flexibility index (Phi) is 4.40. The number of ether oxygens (including phenoxy) is 1. The third-order valence-electron chi connectivity index (χ3n) is 4.53. The van der Waals surface area contributed by atoms with Gasteiger partial charge >= 0.3 is 0 Å². The van der Waals surface area contributed by atoms with E-state index in [0.29, 0.717) is 0 Å². The van der Waals surface area contributed by atoms with Gasteiger partial charge in [0.25, 0.3) is 0 Å². The lowest BCUT2D eigenvalue weighted by Gasteiger charge is -2.16. The first-order valence-electron chi connectivity index (χ1n) is 8.88. The lowest BCUT2D eigenvalue weighted by atomic mass is 10.1. The van der Waals surface area contributed by atoms with E-state index in [1.807, 2.05) is 42.6 Å². The molecule has 0 fully saturated rings. The zero-order valence-corrected chi connectivity index (χ0v) is 15.0. The van der Waals surface area contributed by atoms with Crippen LogP contribution in [0, 0.1) is 6.92 Å². The molecule has 4 rings (SSSR count). The van der Waals surface area contributed by atoms with Crippen LogP contribution in [0.4, 0.5) is 0 Å². The summed E-state index contributed by atoms with van der Waals surface area (Å²) < 4.78 is 8.11. The Morgan fingerprint density at radius 1 is 0.962 bits per heavy atom. The van der Waals surface area contributed by atoms with Crippen LogP contribution in [0.5, 0.6) is 5.75 Å². The maximum Gasteiger partial charge on any atom is 0.144 e. The van der Waals surface area contributed by atoms with Crippen LogP contribution >= 0.6 is 0 Å². The fourth-order valence-corrected chi connectivity index (χ4v) is 3.05. The van der Waals surface area contributed by atoms with E-state index in [4.69, 9.17) is 4.74 Å². The van der Waals surface area contributed by atoms with Crippen molar-refractivity contribution in [2.24, 2.45) is 0 Å². The van der Waals surface area contributed by atoms with E-state index in [2.05, 4.69) is 54.5 Å². The molecule has 0 aliphatic carbocycles. The van der Waals surface area contributed by atoms with Crippen molar-refractivity contribution in [3.63, 3.8) is 0 Å². The van der Waals surface area contributed by atoms with Gasteiger partial charge < -0.3 is 4.74 Å². The molecule has 0 saturated heterocycles. The van der Waals surface area contributed by atoms with Crippen LogP contribution < -0.4 is 4.74 Å². The summed E-state index contributed by atoms with van der Waals surface area (Å²) >= 11 is 0. The second-order valence-electron chi connectivity index (χ2n) is 6.42. The molecule has 0 aliphatic heterocycles. The Hall–Kier alpha value is -3.14. The fourth-order valence-electron chi connectivity index (χ4n) is 3.05. The first kappa shape index (κ1) is 16.3. The number of fused-ring (bicyclic) bond motifs is 1. The van der Waals surface area contributed by atoms with Crippen molar-refractivity contribution in [3.8, 4) is 11.4 Å². The predicted octanol–water partition coefficient (Wildman–Crippen LogP) is 5.26. The number of rotatable bonds is 5. The smallest absolute Gasteiger partial charge is 0.144 e. The number of aryl methyl sites for hydroxylation is 1. The van der Waals surface area contributed by atoms with Gasteiger partial charge in [0.15, 0.2) is 0 Å². The lowest BCUT2D eigenvalue weighted by molar-refractivity contribution is 0.199. The maximum absolute atomic E-state index is 6.32. The highest BCUT2D eigenvalue weighted by atomic mass is 16.5. The van der Waals surface area contributed by atoms with Crippen molar-refractivity contribution in [1.29, 1.82) is 0 Å². The van der Waals surface area contributed by atoms with Crippen LogP contribution in [0.2, 0.25) is 0 Å². The summed E-state index contributed by atoms with van der Waals surface area (Å²) in [6, 6.07) is 22.6. The van der Waals surface area contributed by atoms with E-state index >= 15 is 0 Å². The summed E-state index contributed by atoms with van der Waals surface area (Å²) in [5.41, 5.74) is 3.05. The third kappa shape index (κ3) is 3.18. The average Bonchev–Trinajstić information content (AvgIpc) is 3.16. The van der Waals surface area contributed by atoms with Gasteiger partial charge in [-0.25, -0.2) is 4.68 Å². The summed E-state index contributed by atoms with van der Waals surface area (Å²) in [4.78, 5) is 0. The first-order valence-corrected chi connectivity index (χ1v) is 8.88. The number of nitrogens with zero attached hydrogens (tertiary/aromatic N) is 3. The summed E-state index contributed by atoms with van der Waals surface area (Å²) in [6.07, 6.45) is 2.62. The average molecular weight is 343 g/mol. The highest BCUT2D eigenvalue weighted by Gasteiger charge is 2.17. The Labute approximate surface area is 153 Å². The molecule has 0 bridgehead atoms. The van der Waals surface area contributed by atoms with Crippen LogP contribution in [-0.2, 0) is 0 Å². The fraction of sp³-hybridized carbons (Fsp3) is 0.182. The molecule has 1 heterocycles. The Balaban J connectivity index is 1.62. The van der Waals surface area contributed by atoms with Gasteiger partial charge in [0, 0.05) is 5.39 Å². The topological polar surface area (TPSA) is 39.9 Å². The molecule has 130 valence electrons.